The summed E-state index contributed by atoms with van der Waals surface area (Å²) in [5.41, 5.74) is 0.445. The Morgan fingerprint density at radius 2 is 2.15 bits per heavy atom. The molecule has 0 saturated carbocycles. The Morgan fingerprint density at radius 3 is 2.85 bits per heavy atom. The number of sulfonamides is 1. The van der Waals surface area contributed by atoms with E-state index < -0.39 is 10.0 Å². The first kappa shape index (κ1) is 19.5. The number of likely N-dealkylation sites (N-methyl/N-ethyl adjacent to an activating group) is 1. The molecule has 2 aromatic rings. The highest BCUT2D eigenvalue weighted by molar-refractivity contribution is 7.90. The van der Waals surface area contributed by atoms with Gasteiger partial charge in [-0.2, -0.15) is 0 Å². The minimum Gasteiger partial charge on any atom is -0.325 e. The summed E-state index contributed by atoms with van der Waals surface area (Å²) in [6, 6.07) is 10.2. The van der Waals surface area contributed by atoms with Crippen LogP contribution in [0.5, 0.6) is 0 Å². The predicted molar refractivity (Wildman–Crippen MR) is 108 cm³/mol. The number of aliphatic imine (C=N–C) groups is 1. The summed E-state index contributed by atoms with van der Waals surface area (Å²) in [4.78, 5) is 19.6. The van der Waals surface area contributed by atoms with Crippen molar-refractivity contribution in [3.63, 3.8) is 0 Å². The summed E-state index contributed by atoms with van der Waals surface area (Å²) in [6.45, 7) is 1.54. The van der Waals surface area contributed by atoms with Crippen LogP contribution in [-0.2, 0) is 21.4 Å². The summed E-state index contributed by atoms with van der Waals surface area (Å²) >= 11 is 1.64. The second-order valence-electron chi connectivity index (χ2n) is 6.37. The number of nitrogens with zero attached hydrogens (tertiary/aromatic N) is 2. The van der Waals surface area contributed by atoms with Crippen molar-refractivity contribution in [3.8, 4) is 0 Å². The summed E-state index contributed by atoms with van der Waals surface area (Å²) in [5.74, 6) is 0.288. The summed E-state index contributed by atoms with van der Waals surface area (Å²) in [5, 5.41) is 4.76. The van der Waals surface area contributed by atoms with Crippen LogP contribution < -0.4 is 10.0 Å². The Morgan fingerprint density at radius 1 is 1.30 bits per heavy atom. The van der Waals surface area contributed by atoms with Crippen LogP contribution in [0.4, 0.5) is 5.69 Å². The lowest BCUT2D eigenvalue weighted by atomic mass is 10.3. The summed E-state index contributed by atoms with van der Waals surface area (Å²) in [7, 11) is -1.83. The second kappa shape index (κ2) is 8.64. The van der Waals surface area contributed by atoms with Crippen LogP contribution in [0.3, 0.4) is 0 Å². The molecule has 3 rings (SSSR count). The molecule has 0 unspecified atom stereocenters. The number of nitrogens with one attached hydrogen (secondary N) is 2. The highest BCUT2D eigenvalue weighted by atomic mass is 32.2. The third kappa shape index (κ3) is 5.62. The Kier molecular flexibility index (Phi) is 6.25. The van der Waals surface area contributed by atoms with Crippen molar-refractivity contribution in [2.75, 3.05) is 25.5 Å². The van der Waals surface area contributed by atoms with E-state index in [0.717, 1.165) is 6.42 Å². The van der Waals surface area contributed by atoms with Crippen LogP contribution in [0.1, 0.15) is 17.7 Å². The molecule has 1 aromatic carbocycles. The summed E-state index contributed by atoms with van der Waals surface area (Å²) < 4.78 is 27.5. The van der Waals surface area contributed by atoms with E-state index in [0.29, 0.717) is 31.0 Å². The quantitative estimate of drug-likeness (QED) is 0.738. The van der Waals surface area contributed by atoms with Crippen LogP contribution in [0.15, 0.2) is 51.7 Å². The van der Waals surface area contributed by atoms with Crippen LogP contribution >= 0.6 is 11.3 Å². The molecule has 1 aromatic heterocycles. The van der Waals surface area contributed by atoms with Gasteiger partial charge in [0.2, 0.25) is 5.91 Å². The number of rotatable bonds is 7. The number of hydrogen-bond donors (Lipinski definition) is 2. The molecule has 0 radical (unpaired) electrons. The molecule has 0 saturated heterocycles. The van der Waals surface area contributed by atoms with E-state index in [9.17, 15) is 13.2 Å². The molecule has 7 nitrogen and oxygen atoms in total. The molecule has 27 heavy (non-hydrogen) atoms. The fourth-order valence-electron chi connectivity index (χ4n) is 2.75. The Hall–Kier alpha value is -2.23. The lowest BCUT2D eigenvalue weighted by molar-refractivity contribution is -0.117. The van der Waals surface area contributed by atoms with Gasteiger partial charge in [0.05, 0.1) is 11.4 Å². The van der Waals surface area contributed by atoms with Crippen molar-refractivity contribution in [1.82, 2.24) is 9.62 Å². The van der Waals surface area contributed by atoms with Gasteiger partial charge in [0.15, 0.2) is 0 Å². The van der Waals surface area contributed by atoms with Gasteiger partial charge >= 0.3 is 0 Å². The van der Waals surface area contributed by atoms with Gasteiger partial charge in [-0.1, -0.05) is 12.1 Å². The topological polar surface area (TPSA) is 90.9 Å². The molecular weight excluding hydrogens is 384 g/mol. The lowest BCUT2D eigenvalue weighted by Gasteiger charge is -2.15. The molecule has 1 amide bonds. The van der Waals surface area contributed by atoms with Gasteiger partial charge in [0.25, 0.3) is 10.0 Å². The van der Waals surface area contributed by atoms with Gasteiger partial charge < -0.3 is 5.32 Å². The maximum atomic E-state index is 12.5. The molecule has 0 aliphatic carbocycles. The Balaban J connectivity index is 1.60. The molecule has 2 heterocycles. The van der Waals surface area contributed by atoms with E-state index in [4.69, 9.17) is 0 Å². The zero-order valence-corrected chi connectivity index (χ0v) is 16.6. The van der Waals surface area contributed by atoms with Gasteiger partial charge in [0.1, 0.15) is 5.84 Å². The first-order chi connectivity index (χ1) is 12.9. The standard InChI is InChI=1S/C18H22N4O3S2/c1-22(12-15-6-4-10-26-15)13-18(23)20-14-5-2-7-16(11-14)27(24,25)21-17-8-3-9-19-17/h2,4-7,10-11H,3,8-9,12-13H2,1H3,(H,19,21)(H,20,23). The monoisotopic (exact) mass is 406 g/mol. The predicted octanol–water partition coefficient (Wildman–Crippen LogP) is 2.29. The largest absolute Gasteiger partial charge is 0.325 e. The highest BCUT2D eigenvalue weighted by Gasteiger charge is 2.19. The van der Waals surface area contributed by atoms with Gasteiger partial charge in [0, 0.05) is 30.1 Å². The number of amides is 1. The number of thiophene rings is 1. The first-order valence-electron chi connectivity index (χ1n) is 8.59. The third-order valence-electron chi connectivity index (χ3n) is 3.97. The van der Waals surface area contributed by atoms with Crippen molar-refractivity contribution in [1.29, 1.82) is 0 Å². The zero-order chi connectivity index (χ0) is 19.3. The third-order valence-corrected chi connectivity index (χ3v) is 6.21. The SMILES string of the molecule is CN(CC(=O)Nc1cccc(S(=O)(=O)NC2=NCCC2)c1)Cc1cccs1. The highest BCUT2D eigenvalue weighted by Crippen LogP contribution is 2.17. The number of carbonyl (C=O) groups excluding carboxylic acids is 1. The van der Waals surface area contributed by atoms with E-state index >= 15 is 0 Å². The second-order valence-corrected chi connectivity index (χ2v) is 9.08. The number of hydrogen-bond acceptors (Lipinski definition) is 6. The van der Waals surface area contributed by atoms with Crippen molar-refractivity contribution in [2.24, 2.45) is 4.99 Å². The molecule has 0 atom stereocenters. The van der Waals surface area contributed by atoms with E-state index in [1.807, 2.05) is 29.5 Å². The van der Waals surface area contributed by atoms with E-state index in [1.54, 1.807) is 23.5 Å². The van der Waals surface area contributed by atoms with Gasteiger partial charge in [-0.25, -0.2) is 8.42 Å². The lowest BCUT2D eigenvalue weighted by Crippen LogP contribution is -2.30. The molecule has 9 heteroatoms. The van der Waals surface area contributed by atoms with E-state index in [-0.39, 0.29) is 17.3 Å². The fourth-order valence-corrected chi connectivity index (χ4v) is 4.67. The minimum absolute atomic E-state index is 0.0989. The maximum absolute atomic E-state index is 12.5. The first-order valence-corrected chi connectivity index (χ1v) is 11.0. The molecule has 1 aliphatic rings. The van der Waals surface area contributed by atoms with Gasteiger partial charge in [-0.05, 0) is 43.1 Å². The molecule has 0 fully saturated rings. The maximum Gasteiger partial charge on any atom is 0.262 e. The van der Waals surface area contributed by atoms with Crippen LogP contribution in [-0.4, -0.2) is 45.2 Å². The molecule has 144 valence electrons. The van der Waals surface area contributed by atoms with Crippen LogP contribution in [0.2, 0.25) is 0 Å². The molecular formula is C18H22N4O3S2. The van der Waals surface area contributed by atoms with Crippen molar-refractivity contribution in [2.45, 2.75) is 24.3 Å². The van der Waals surface area contributed by atoms with Crippen molar-refractivity contribution < 1.29 is 13.2 Å². The van der Waals surface area contributed by atoms with E-state index in [2.05, 4.69) is 15.0 Å². The van der Waals surface area contributed by atoms with Crippen molar-refractivity contribution >= 4 is 38.8 Å². The normalized spacial score (nSPS) is 14.2. The minimum atomic E-state index is -3.70. The van der Waals surface area contributed by atoms with Crippen LogP contribution in [0.25, 0.3) is 0 Å². The Bertz CT molecular complexity index is 924. The van der Waals surface area contributed by atoms with E-state index in [1.165, 1.54) is 17.0 Å². The number of carbonyl (C=O) groups is 1. The molecule has 0 spiro atoms. The van der Waals surface area contributed by atoms with Crippen LogP contribution in [0, 0.1) is 0 Å². The van der Waals surface area contributed by atoms with Crippen molar-refractivity contribution in [3.05, 3.63) is 46.7 Å². The summed E-state index contributed by atoms with van der Waals surface area (Å²) in [6.07, 6.45) is 1.49. The number of anilines is 1. The fraction of sp³-hybridized carbons (Fsp3) is 0.333. The zero-order valence-electron chi connectivity index (χ0n) is 15.0. The smallest absolute Gasteiger partial charge is 0.262 e. The average Bonchev–Trinajstić information content (AvgIpc) is 3.28. The molecule has 0 bridgehead atoms. The molecule has 2 N–H and O–H groups in total. The number of amidine groups is 1. The van der Waals surface area contributed by atoms with Gasteiger partial charge in [-0.15, -0.1) is 11.3 Å². The molecule has 1 aliphatic heterocycles. The van der Waals surface area contributed by atoms with Gasteiger partial charge in [-0.3, -0.25) is 19.4 Å². The number of benzene rings is 1. The Labute approximate surface area is 163 Å². The average molecular weight is 407 g/mol.